The van der Waals surface area contributed by atoms with Gasteiger partial charge in [-0.25, -0.2) is 4.98 Å². The number of rotatable bonds is 3. The van der Waals surface area contributed by atoms with Gasteiger partial charge < -0.3 is 5.32 Å². The Morgan fingerprint density at radius 2 is 2.14 bits per heavy atom. The lowest BCUT2D eigenvalue weighted by Gasteiger charge is -2.06. The second-order valence-electron chi connectivity index (χ2n) is 4.53. The fourth-order valence-electron chi connectivity index (χ4n) is 1.95. The summed E-state index contributed by atoms with van der Waals surface area (Å²) in [6.07, 6.45) is 3.19. The molecule has 1 amide bonds. The summed E-state index contributed by atoms with van der Waals surface area (Å²) in [7, 11) is 0. The molecule has 0 unspecified atom stereocenters. The molecule has 2 aromatic heterocycles. The zero-order valence-corrected chi connectivity index (χ0v) is 12.2. The predicted molar refractivity (Wildman–Crippen MR) is 84.5 cm³/mol. The number of hydrogen-bond acceptors (Lipinski definition) is 4. The molecular weight excluding hydrogens is 282 g/mol. The molecule has 0 bridgehead atoms. The van der Waals surface area contributed by atoms with Crippen molar-refractivity contribution in [3.8, 4) is 11.3 Å². The highest BCUT2D eigenvalue weighted by Crippen LogP contribution is 2.24. The number of aromatic nitrogens is 2. The van der Waals surface area contributed by atoms with Crippen molar-refractivity contribution >= 4 is 22.9 Å². The van der Waals surface area contributed by atoms with Gasteiger partial charge in [0.05, 0.1) is 16.3 Å². The van der Waals surface area contributed by atoms with Gasteiger partial charge in [-0.2, -0.15) is 0 Å². The van der Waals surface area contributed by atoms with Crippen molar-refractivity contribution in [2.75, 3.05) is 5.32 Å². The third-order valence-corrected chi connectivity index (χ3v) is 3.73. The minimum atomic E-state index is -0.172. The lowest BCUT2D eigenvalue weighted by molar-refractivity contribution is 0.102. The number of pyridine rings is 1. The van der Waals surface area contributed by atoms with Gasteiger partial charge in [0.25, 0.3) is 5.91 Å². The van der Waals surface area contributed by atoms with Crippen molar-refractivity contribution in [3.63, 3.8) is 0 Å². The molecular formula is C16H13N3OS. The first kappa shape index (κ1) is 13.5. The molecule has 1 N–H and O–H groups in total. The van der Waals surface area contributed by atoms with Crippen molar-refractivity contribution in [2.24, 2.45) is 0 Å². The maximum Gasteiger partial charge on any atom is 0.257 e. The molecule has 0 saturated heterocycles. The van der Waals surface area contributed by atoms with Gasteiger partial charge in [0.1, 0.15) is 0 Å². The van der Waals surface area contributed by atoms with Gasteiger partial charge in [-0.05, 0) is 31.2 Å². The third kappa shape index (κ3) is 3.14. The largest absolute Gasteiger partial charge is 0.322 e. The molecule has 2 heterocycles. The molecule has 1 aromatic carbocycles. The highest BCUT2D eigenvalue weighted by atomic mass is 32.1. The van der Waals surface area contributed by atoms with Crippen molar-refractivity contribution in [2.45, 2.75) is 6.92 Å². The van der Waals surface area contributed by atoms with E-state index in [1.165, 1.54) is 0 Å². The van der Waals surface area contributed by atoms with Gasteiger partial charge in [0.2, 0.25) is 0 Å². The normalized spacial score (nSPS) is 10.3. The van der Waals surface area contributed by atoms with Crippen LogP contribution in [0.1, 0.15) is 15.4 Å². The molecule has 0 aliphatic heterocycles. The number of nitrogens with one attached hydrogen (secondary N) is 1. The molecule has 4 nitrogen and oxygen atoms in total. The van der Waals surface area contributed by atoms with Crippen LogP contribution in [0, 0.1) is 6.92 Å². The number of aryl methyl sites for hydroxylation is 1. The lowest BCUT2D eigenvalue weighted by Crippen LogP contribution is -2.11. The van der Waals surface area contributed by atoms with Crippen LogP contribution >= 0.6 is 11.3 Å². The molecule has 0 atom stereocenters. The maximum atomic E-state index is 12.1. The summed E-state index contributed by atoms with van der Waals surface area (Å²) >= 11 is 1.61. The summed E-state index contributed by atoms with van der Waals surface area (Å²) in [5, 5.41) is 5.91. The van der Waals surface area contributed by atoms with Crippen LogP contribution in [0.25, 0.3) is 11.3 Å². The molecule has 0 spiro atoms. The van der Waals surface area contributed by atoms with E-state index in [2.05, 4.69) is 15.3 Å². The highest BCUT2D eigenvalue weighted by molar-refractivity contribution is 7.09. The van der Waals surface area contributed by atoms with Gasteiger partial charge in [0.15, 0.2) is 0 Å². The van der Waals surface area contributed by atoms with Crippen molar-refractivity contribution in [1.82, 2.24) is 9.97 Å². The first-order valence-corrected chi connectivity index (χ1v) is 7.34. The van der Waals surface area contributed by atoms with E-state index in [0.717, 1.165) is 22.0 Å². The van der Waals surface area contributed by atoms with Crippen LogP contribution in [0.2, 0.25) is 0 Å². The van der Waals surface area contributed by atoms with E-state index in [1.807, 2.05) is 36.6 Å². The molecule has 0 aliphatic carbocycles. The van der Waals surface area contributed by atoms with E-state index in [0.29, 0.717) is 5.56 Å². The van der Waals surface area contributed by atoms with Crippen molar-refractivity contribution in [1.29, 1.82) is 0 Å². The Morgan fingerprint density at radius 1 is 1.24 bits per heavy atom. The van der Waals surface area contributed by atoms with E-state index < -0.39 is 0 Å². The molecule has 3 rings (SSSR count). The number of anilines is 1. The number of hydrogen-bond donors (Lipinski definition) is 1. The summed E-state index contributed by atoms with van der Waals surface area (Å²) in [4.78, 5) is 20.5. The summed E-state index contributed by atoms with van der Waals surface area (Å²) in [6, 6.07) is 11.1. The standard InChI is InChI=1S/C16H13N3OS/c1-11-18-15(10-21-11)12-4-2-6-14(8-12)19-16(20)13-5-3-7-17-9-13/h2-10H,1H3,(H,19,20). The van der Waals surface area contributed by atoms with Crippen LogP contribution in [-0.2, 0) is 0 Å². The summed E-state index contributed by atoms with van der Waals surface area (Å²) in [5.41, 5.74) is 3.19. The molecule has 0 fully saturated rings. The van der Waals surface area contributed by atoms with Crippen LogP contribution in [0.5, 0.6) is 0 Å². The lowest BCUT2D eigenvalue weighted by atomic mass is 10.1. The Morgan fingerprint density at radius 3 is 2.86 bits per heavy atom. The van der Waals surface area contributed by atoms with E-state index in [1.54, 1.807) is 35.9 Å². The fraction of sp³-hybridized carbons (Fsp3) is 0.0625. The number of nitrogens with zero attached hydrogens (tertiary/aromatic N) is 2. The van der Waals surface area contributed by atoms with Crippen LogP contribution in [0.4, 0.5) is 5.69 Å². The monoisotopic (exact) mass is 295 g/mol. The Hall–Kier alpha value is -2.53. The van der Waals surface area contributed by atoms with Gasteiger partial charge >= 0.3 is 0 Å². The van der Waals surface area contributed by atoms with Crippen LogP contribution in [0.3, 0.4) is 0 Å². The predicted octanol–water partition coefficient (Wildman–Crippen LogP) is 3.77. The minimum Gasteiger partial charge on any atom is -0.322 e. The average Bonchev–Trinajstić information content (AvgIpc) is 2.95. The number of thiazole rings is 1. The molecule has 21 heavy (non-hydrogen) atoms. The summed E-state index contributed by atoms with van der Waals surface area (Å²) in [6.45, 7) is 1.97. The highest BCUT2D eigenvalue weighted by Gasteiger charge is 2.07. The minimum absolute atomic E-state index is 0.172. The van der Waals surface area contributed by atoms with E-state index in [4.69, 9.17) is 0 Å². The quantitative estimate of drug-likeness (QED) is 0.800. The fourth-order valence-corrected chi connectivity index (χ4v) is 2.57. The second-order valence-corrected chi connectivity index (χ2v) is 5.59. The summed E-state index contributed by atoms with van der Waals surface area (Å²) < 4.78 is 0. The molecule has 0 saturated carbocycles. The SMILES string of the molecule is Cc1nc(-c2cccc(NC(=O)c3cccnc3)c2)cs1. The Kier molecular flexibility index (Phi) is 3.75. The van der Waals surface area contributed by atoms with E-state index >= 15 is 0 Å². The number of benzene rings is 1. The van der Waals surface area contributed by atoms with Crippen molar-refractivity contribution in [3.05, 3.63) is 64.7 Å². The Balaban J connectivity index is 1.82. The number of carbonyl (C=O) groups is 1. The first-order valence-electron chi connectivity index (χ1n) is 6.46. The summed E-state index contributed by atoms with van der Waals surface area (Å²) in [5.74, 6) is -0.172. The van der Waals surface area contributed by atoms with Gasteiger partial charge in [-0.15, -0.1) is 11.3 Å². The average molecular weight is 295 g/mol. The zero-order chi connectivity index (χ0) is 14.7. The Bertz CT molecular complexity index is 768. The van der Waals surface area contributed by atoms with Gasteiger partial charge in [-0.1, -0.05) is 12.1 Å². The molecule has 0 radical (unpaired) electrons. The second kappa shape index (κ2) is 5.85. The molecule has 3 aromatic rings. The molecule has 104 valence electrons. The molecule has 0 aliphatic rings. The number of carbonyl (C=O) groups excluding carboxylic acids is 1. The van der Waals surface area contributed by atoms with Crippen LogP contribution in [-0.4, -0.2) is 15.9 Å². The van der Waals surface area contributed by atoms with E-state index in [-0.39, 0.29) is 5.91 Å². The zero-order valence-electron chi connectivity index (χ0n) is 11.4. The number of amides is 1. The molecule has 5 heteroatoms. The maximum absolute atomic E-state index is 12.1. The smallest absolute Gasteiger partial charge is 0.257 e. The topological polar surface area (TPSA) is 54.9 Å². The van der Waals surface area contributed by atoms with Crippen LogP contribution < -0.4 is 5.32 Å². The first-order chi connectivity index (χ1) is 10.2. The van der Waals surface area contributed by atoms with Gasteiger partial charge in [0, 0.05) is 29.0 Å². The van der Waals surface area contributed by atoms with Crippen molar-refractivity contribution < 1.29 is 4.79 Å². The van der Waals surface area contributed by atoms with E-state index in [9.17, 15) is 4.79 Å². The third-order valence-electron chi connectivity index (χ3n) is 2.96. The Labute approximate surface area is 126 Å². The van der Waals surface area contributed by atoms with Crippen LogP contribution in [0.15, 0.2) is 54.2 Å². The van der Waals surface area contributed by atoms with Gasteiger partial charge in [-0.3, -0.25) is 9.78 Å².